The second-order valence-corrected chi connectivity index (χ2v) is 5.11. The molecule has 0 fully saturated rings. The number of allylic oxidation sites excluding steroid dienone is 2. The first-order chi connectivity index (χ1) is 10.8. The maximum atomic E-state index is 12.5. The first-order valence-corrected chi connectivity index (χ1v) is 6.91. The number of rotatable bonds is 1. The molecule has 104 valence electrons. The lowest BCUT2D eigenvalue weighted by molar-refractivity contribution is 0.104. The minimum atomic E-state index is -0.141. The van der Waals surface area contributed by atoms with Gasteiger partial charge in [-0.3, -0.25) is 4.79 Å². The van der Waals surface area contributed by atoms with Gasteiger partial charge in [0.1, 0.15) is 11.8 Å². The van der Waals surface area contributed by atoms with E-state index in [4.69, 9.17) is 0 Å². The Kier molecular flexibility index (Phi) is 2.60. The third-order valence-electron chi connectivity index (χ3n) is 3.88. The maximum Gasteiger partial charge on any atom is 0.212 e. The molecule has 0 amide bonds. The van der Waals surface area contributed by atoms with Crippen LogP contribution in [0.3, 0.4) is 0 Å². The number of carbonyl (C=O) groups excluding carboxylic acids is 1. The van der Waals surface area contributed by atoms with Crippen LogP contribution in [0.5, 0.6) is 0 Å². The summed E-state index contributed by atoms with van der Waals surface area (Å²) in [4.78, 5) is 15.7. The molecule has 4 rings (SSSR count). The monoisotopic (exact) mass is 285 g/mol. The van der Waals surface area contributed by atoms with Gasteiger partial charge >= 0.3 is 0 Å². The number of aromatic nitrogens is 1. The quantitative estimate of drug-likeness (QED) is 0.529. The minimum Gasteiger partial charge on any atom is -0.361 e. The number of nitrogens with one attached hydrogen (secondary N) is 2. The average molecular weight is 285 g/mol. The van der Waals surface area contributed by atoms with Gasteiger partial charge in [0, 0.05) is 33.9 Å². The fourth-order valence-electron chi connectivity index (χ4n) is 2.82. The highest BCUT2D eigenvalue weighted by Gasteiger charge is 2.28. The number of aromatic amines is 1. The van der Waals surface area contributed by atoms with E-state index in [1.807, 2.05) is 42.5 Å². The molecule has 0 saturated carbocycles. The minimum absolute atomic E-state index is 0.141. The molecule has 0 saturated heterocycles. The largest absolute Gasteiger partial charge is 0.361 e. The van der Waals surface area contributed by atoms with E-state index in [1.54, 1.807) is 12.3 Å². The number of Topliss-reactive ketones (excluding diaryl/α,β-unsaturated/α-hetero) is 1. The molecule has 2 heterocycles. The summed E-state index contributed by atoms with van der Waals surface area (Å²) in [7, 11) is 0. The molecule has 1 aliphatic rings. The Morgan fingerprint density at radius 1 is 1.05 bits per heavy atom. The first kappa shape index (κ1) is 12.4. The zero-order valence-electron chi connectivity index (χ0n) is 11.6. The Labute approximate surface area is 126 Å². The molecule has 0 atom stereocenters. The predicted octanol–water partition coefficient (Wildman–Crippen LogP) is 3.71. The molecular formula is C18H11N3O. The van der Waals surface area contributed by atoms with Gasteiger partial charge in [-0.2, -0.15) is 5.26 Å². The van der Waals surface area contributed by atoms with Crippen LogP contribution in [0.2, 0.25) is 0 Å². The van der Waals surface area contributed by atoms with Crippen molar-refractivity contribution in [2.24, 2.45) is 0 Å². The van der Waals surface area contributed by atoms with Crippen molar-refractivity contribution in [3.05, 3.63) is 71.6 Å². The smallest absolute Gasteiger partial charge is 0.212 e. The summed E-state index contributed by atoms with van der Waals surface area (Å²) in [5.41, 5.74) is 3.72. The van der Waals surface area contributed by atoms with Crippen LogP contribution in [-0.4, -0.2) is 10.8 Å². The molecule has 2 aromatic carbocycles. The Bertz CT molecular complexity index is 989. The van der Waals surface area contributed by atoms with Gasteiger partial charge in [-0.25, -0.2) is 0 Å². The summed E-state index contributed by atoms with van der Waals surface area (Å²) in [5.74, 6) is -0.141. The summed E-state index contributed by atoms with van der Waals surface area (Å²) < 4.78 is 0. The molecule has 0 unspecified atom stereocenters. The number of H-pyrrole nitrogens is 1. The van der Waals surface area contributed by atoms with Gasteiger partial charge in [0.05, 0.1) is 5.57 Å². The number of ketones is 1. The number of nitrogens with zero attached hydrogens (tertiary/aromatic N) is 1. The van der Waals surface area contributed by atoms with Crippen LogP contribution in [0.25, 0.3) is 16.5 Å². The maximum absolute atomic E-state index is 12.5. The standard InChI is InChI=1S/C18H11N3O/c19-9-13(14-10-20-15-7-3-1-5-11(14)15)17-18(22)12-6-2-4-8-16(12)21-17/h1-8,10,20-21H/b17-13-. The van der Waals surface area contributed by atoms with Crippen LogP contribution in [0.1, 0.15) is 15.9 Å². The average Bonchev–Trinajstić information content (AvgIpc) is 3.12. The van der Waals surface area contributed by atoms with Crippen molar-refractivity contribution < 1.29 is 4.79 Å². The molecule has 1 aromatic heterocycles. The molecule has 1 aliphatic heterocycles. The molecule has 0 bridgehead atoms. The first-order valence-electron chi connectivity index (χ1n) is 6.91. The van der Waals surface area contributed by atoms with E-state index < -0.39 is 0 Å². The Hall–Kier alpha value is -3.32. The number of benzene rings is 2. The second kappa shape index (κ2) is 4.61. The number of carbonyl (C=O) groups is 1. The molecular weight excluding hydrogens is 274 g/mol. The molecule has 4 heteroatoms. The summed E-state index contributed by atoms with van der Waals surface area (Å²) in [6, 6.07) is 17.2. The van der Waals surface area contributed by atoms with Gasteiger partial charge < -0.3 is 10.3 Å². The number of nitriles is 1. The van der Waals surface area contributed by atoms with Gasteiger partial charge in [-0.15, -0.1) is 0 Å². The summed E-state index contributed by atoms with van der Waals surface area (Å²) in [6.45, 7) is 0. The number of fused-ring (bicyclic) bond motifs is 2. The highest BCUT2D eigenvalue weighted by molar-refractivity contribution is 6.23. The van der Waals surface area contributed by atoms with E-state index in [2.05, 4.69) is 16.4 Å². The van der Waals surface area contributed by atoms with E-state index in [0.717, 1.165) is 22.2 Å². The van der Waals surface area contributed by atoms with E-state index in [9.17, 15) is 10.1 Å². The van der Waals surface area contributed by atoms with Crippen LogP contribution >= 0.6 is 0 Å². The van der Waals surface area contributed by atoms with E-state index in [-0.39, 0.29) is 5.78 Å². The van der Waals surface area contributed by atoms with E-state index in [1.165, 1.54) is 0 Å². The molecule has 0 spiro atoms. The van der Waals surface area contributed by atoms with Crippen molar-refractivity contribution in [2.45, 2.75) is 0 Å². The van der Waals surface area contributed by atoms with Gasteiger partial charge in [-0.05, 0) is 18.2 Å². The zero-order valence-corrected chi connectivity index (χ0v) is 11.6. The van der Waals surface area contributed by atoms with Crippen LogP contribution in [0.15, 0.2) is 60.4 Å². The van der Waals surface area contributed by atoms with Crippen molar-refractivity contribution in [3.63, 3.8) is 0 Å². The summed E-state index contributed by atoms with van der Waals surface area (Å²) in [5, 5.41) is 13.6. The van der Waals surface area contributed by atoms with Crippen LogP contribution < -0.4 is 5.32 Å². The van der Waals surface area contributed by atoms with Crippen molar-refractivity contribution in [1.82, 2.24) is 4.98 Å². The third kappa shape index (κ3) is 1.66. The van der Waals surface area contributed by atoms with E-state index >= 15 is 0 Å². The van der Waals surface area contributed by atoms with Crippen molar-refractivity contribution in [3.8, 4) is 6.07 Å². The van der Waals surface area contributed by atoms with Gasteiger partial charge in [0.2, 0.25) is 5.78 Å². The topological polar surface area (TPSA) is 68.7 Å². The predicted molar refractivity (Wildman–Crippen MR) is 85.2 cm³/mol. The van der Waals surface area contributed by atoms with Gasteiger partial charge in [0.15, 0.2) is 0 Å². The molecule has 2 N–H and O–H groups in total. The van der Waals surface area contributed by atoms with Crippen LogP contribution in [0.4, 0.5) is 5.69 Å². The Morgan fingerprint density at radius 2 is 1.82 bits per heavy atom. The van der Waals surface area contributed by atoms with E-state index in [0.29, 0.717) is 16.8 Å². The number of anilines is 1. The second-order valence-electron chi connectivity index (χ2n) is 5.11. The lowest BCUT2D eigenvalue weighted by Gasteiger charge is -2.03. The Morgan fingerprint density at radius 3 is 2.64 bits per heavy atom. The zero-order chi connectivity index (χ0) is 15.1. The molecule has 3 aromatic rings. The molecule has 0 radical (unpaired) electrons. The fourth-order valence-corrected chi connectivity index (χ4v) is 2.82. The Balaban J connectivity index is 1.94. The molecule has 0 aliphatic carbocycles. The lowest BCUT2D eigenvalue weighted by atomic mass is 10.0. The fraction of sp³-hybridized carbons (Fsp3) is 0. The number of para-hydroxylation sites is 2. The van der Waals surface area contributed by atoms with Crippen molar-refractivity contribution in [1.29, 1.82) is 5.26 Å². The number of hydrogen-bond acceptors (Lipinski definition) is 3. The normalized spacial score (nSPS) is 15.3. The lowest BCUT2D eigenvalue weighted by Crippen LogP contribution is -2.04. The van der Waals surface area contributed by atoms with Crippen molar-refractivity contribution >= 4 is 27.9 Å². The summed E-state index contributed by atoms with van der Waals surface area (Å²) >= 11 is 0. The molecule has 22 heavy (non-hydrogen) atoms. The highest BCUT2D eigenvalue weighted by atomic mass is 16.1. The third-order valence-corrected chi connectivity index (χ3v) is 3.88. The molecule has 4 nitrogen and oxygen atoms in total. The number of hydrogen-bond donors (Lipinski definition) is 2. The van der Waals surface area contributed by atoms with Crippen molar-refractivity contribution in [2.75, 3.05) is 5.32 Å². The van der Waals surface area contributed by atoms with Crippen LogP contribution in [0, 0.1) is 11.3 Å². The van der Waals surface area contributed by atoms with Gasteiger partial charge in [0.25, 0.3) is 0 Å². The van der Waals surface area contributed by atoms with Crippen LogP contribution in [-0.2, 0) is 0 Å². The SMILES string of the molecule is N#C/C(=C1/Nc2ccccc2C1=O)c1c[nH]c2ccccc12. The highest BCUT2D eigenvalue weighted by Crippen LogP contribution is 2.34. The summed E-state index contributed by atoms with van der Waals surface area (Å²) in [6.07, 6.45) is 1.77. The van der Waals surface area contributed by atoms with Gasteiger partial charge in [-0.1, -0.05) is 30.3 Å².